The van der Waals surface area contributed by atoms with Crippen LogP contribution in [0.15, 0.2) is 35.1 Å². The molecule has 1 aliphatic rings. The first kappa shape index (κ1) is 12.6. The van der Waals surface area contributed by atoms with Crippen LogP contribution in [0.2, 0.25) is 0 Å². The van der Waals surface area contributed by atoms with Crippen molar-refractivity contribution in [3.05, 3.63) is 51.0 Å². The van der Waals surface area contributed by atoms with Crippen molar-refractivity contribution in [2.75, 3.05) is 0 Å². The molecule has 0 unspecified atom stereocenters. The zero-order valence-corrected chi connectivity index (χ0v) is 12.2. The zero-order valence-electron chi connectivity index (χ0n) is 11.4. The number of rotatable bonds is 2. The molecule has 0 aliphatic heterocycles. The molecule has 2 aromatic rings. The molecule has 1 heterocycles. The average molecular weight is 270 g/mol. The minimum absolute atomic E-state index is 0.182. The maximum atomic E-state index is 12.7. The lowest BCUT2D eigenvalue weighted by atomic mass is 9.74. The van der Waals surface area contributed by atoms with Gasteiger partial charge in [-0.3, -0.25) is 4.79 Å². The lowest BCUT2D eigenvalue weighted by Crippen LogP contribution is -2.26. The number of hydrogen-bond donors (Lipinski definition) is 0. The standard InChI is InChI=1S/C17H18OS/c1-3-17(4-2)10-9-15-13(11-17)16(18)12-7-5-6-8-14(12)19-15/h5-10H,3-4,11H2,1-2H3. The van der Waals surface area contributed by atoms with Gasteiger partial charge in [0, 0.05) is 20.5 Å². The van der Waals surface area contributed by atoms with E-state index in [0.717, 1.165) is 39.8 Å². The van der Waals surface area contributed by atoms with Crippen LogP contribution in [0, 0.1) is 5.41 Å². The maximum Gasteiger partial charge on any atom is 0.191 e. The van der Waals surface area contributed by atoms with Crippen molar-refractivity contribution in [1.82, 2.24) is 0 Å². The third-order valence-electron chi connectivity index (χ3n) is 4.45. The number of fused-ring (bicyclic) bond motifs is 2. The molecule has 19 heavy (non-hydrogen) atoms. The van der Waals surface area contributed by atoms with E-state index in [1.165, 1.54) is 0 Å². The molecule has 0 amide bonds. The number of hydrogen-bond acceptors (Lipinski definition) is 2. The number of allylic oxidation sites excluding steroid dienone is 1. The third kappa shape index (κ3) is 1.95. The van der Waals surface area contributed by atoms with Gasteiger partial charge in [0.15, 0.2) is 5.43 Å². The molecule has 0 radical (unpaired) electrons. The molecule has 98 valence electrons. The van der Waals surface area contributed by atoms with Crippen molar-refractivity contribution < 1.29 is 0 Å². The summed E-state index contributed by atoms with van der Waals surface area (Å²) in [6, 6.07) is 7.94. The summed E-state index contributed by atoms with van der Waals surface area (Å²) in [5.74, 6) is 0. The van der Waals surface area contributed by atoms with E-state index >= 15 is 0 Å². The molecule has 0 bridgehead atoms. The van der Waals surface area contributed by atoms with Crippen LogP contribution in [0.3, 0.4) is 0 Å². The van der Waals surface area contributed by atoms with Gasteiger partial charge in [0.1, 0.15) is 0 Å². The van der Waals surface area contributed by atoms with Crippen LogP contribution in [0.25, 0.3) is 16.2 Å². The Balaban J connectivity index is 2.25. The second-order valence-corrected chi connectivity index (χ2v) is 6.43. The van der Waals surface area contributed by atoms with Gasteiger partial charge in [-0.2, -0.15) is 0 Å². The fraction of sp³-hybridized carbons (Fsp3) is 0.353. The predicted octanol–water partition coefficient (Wildman–Crippen LogP) is 4.64. The highest BCUT2D eigenvalue weighted by molar-refractivity contribution is 7.19. The van der Waals surface area contributed by atoms with Gasteiger partial charge >= 0.3 is 0 Å². The monoisotopic (exact) mass is 270 g/mol. The van der Waals surface area contributed by atoms with Gasteiger partial charge in [-0.15, -0.1) is 11.3 Å². The summed E-state index contributed by atoms with van der Waals surface area (Å²) in [5, 5.41) is 0.877. The Bertz CT molecular complexity index is 705. The quantitative estimate of drug-likeness (QED) is 0.777. The Morgan fingerprint density at radius 1 is 1.21 bits per heavy atom. The van der Waals surface area contributed by atoms with Crippen LogP contribution in [0.5, 0.6) is 0 Å². The van der Waals surface area contributed by atoms with Gasteiger partial charge < -0.3 is 0 Å². The maximum absolute atomic E-state index is 12.7. The largest absolute Gasteiger partial charge is 0.289 e. The van der Waals surface area contributed by atoms with Crippen LogP contribution in [-0.2, 0) is 6.42 Å². The summed E-state index contributed by atoms with van der Waals surface area (Å²) in [6.45, 7) is 4.43. The van der Waals surface area contributed by atoms with Crippen LogP contribution < -0.4 is 5.43 Å². The Morgan fingerprint density at radius 2 is 1.95 bits per heavy atom. The minimum atomic E-state index is 0.182. The second-order valence-electron chi connectivity index (χ2n) is 5.35. The highest BCUT2D eigenvalue weighted by atomic mass is 32.1. The summed E-state index contributed by atoms with van der Waals surface area (Å²) in [4.78, 5) is 13.8. The SMILES string of the molecule is CCC1(CC)C=Cc2sc3ccccc3c(=O)c2C1. The minimum Gasteiger partial charge on any atom is -0.289 e. The average Bonchev–Trinajstić information content (AvgIpc) is 2.47. The third-order valence-corrected chi connectivity index (χ3v) is 5.63. The van der Waals surface area contributed by atoms with Crippen LogP contribution >= 0.6 is 11.3 Å². The molecule has 0 spiro atoms. The van der Waals surface area contributed by atoms with E-state index in [9.17, 15) is 4.79 Å². The second kappa shape index (κ2) is 4.61. The van der Waals surface area contributed by atoms with E-state index in [4.69, 9.17) is 0 Å². The molecular weight excluding hydrogens is 252 g/mol. The van der Waals surface area contributed by atoms with Crippen molar-refractivity contribution in [1.29, 1.82) is 0 Å². The van der Waals surface area contributed by atoms with Crippen LogP contribution in [0.1, 0.15) is 37.1 Å². The Labute approximate surface area is 117 Å². The fourth-order valence-corrected chi connectivity index (χ4v) is 3.98. The first-order valence-electron chi connectivity index (χ1n) is 6.93. The summed E-state index contributed by atoms with van der Waals surface area (Å²) in [6.07, 6.45) is 7.57. The van der Waals surface area contributed by atoms with E-state index < -0.39 is 0 Å². The van der Waals surface area contributed by atoms with Crippen molar-refractivity contribution in [3.63, 3.8) is 0 Å². The van der Waals surface area contributed by atoms with Crippen molar-refractivity contribution in [3.8, 4) is 0 Å². The van der Waals surface area contributed by atoms with Gasteiger partial charge in [-0.25, -0.2) is 0 Å². The molecule has 0 N–H and O–H groups in total. The molecule has 1 nitrogen and oxygen atoms in total. The van der Waals surface area contributed by atoms with E-state index in [1.54, 1.807) is 11.3 Å². The first-order valence-corrected chi connectivity index (χ1v) is 7.75. The van der Waals surface area contributed by atoms with E-state index in [1.807, 2.05) is 24.3 Å². The topological polar surface area (TPSA) is 17.1 Å². The molecule has 3 rings (SSSR count). The van der Waals surface area contributed by atoms with Crippen LogP contribution in [-0.4, -0.2) is 0 Å². The fourth-order valence-electron chi connectivity index (χ4n) is 2.90. The summed E-state index contributed by atoms with van der Waals surface area (Å²) >= 11 is 1.74. The molecule has 1 aromatic carbocycles. The lowest BCUT2D eigenvalue weighted by molar-refractivity contribution is 0.348. The highest BCUT2D eigenvalue weighted by Gasteiger charge is 2.29. The lowest BCUT2D eigenvalue weighted by Gasteiger charge is -2.31. The Hall–Kier alpha value is -1.41. The Kier molecular flexibility index (Phi) is 3.06. The van der Waals surface area contributed by atoms with E-state index in [-0.39, 0.29) is 10.8 Å². The molecule has 0 saturated heterocycles. The first-order chi connectivity index (χ1) is 9.19. The Morgan fingerprint density at radius 3 is 2.68 bits per heavy atom. The van der Waals surface area contributed by atoms with Gasteiger partial charge in [0.2, 0.25) is 0 Å². The molecule has 0 fully saturated rings. The highest BCUT2D eigenvalue weighted by Crippen LogP contribution is 2.39. The zero-order chi connectivity index (χ0) is 13.5. The summed E-state index contributed by atoms with van der Waals surface area (Å²) in [7, 11) is 0. The van der Waals surface area contributed by atoms with Gasteiger partial charge in [-0.1, -0.05) is 32.1 Å². The smallest absolute Gasteiger partial charge is 0.191 e. The van der Waals surface area contributed by atoms with Gasteiger partial charge in [0.25, 0.3) is 0 Å². The number of benzene rings is 1. The molecule has 0 saturated carbocycles. The molecule has 2 heteroatoms. The predicted molar refractivity (Wildman–Crippen MR) is 83.8 cm³/mol. The van der Waals surface area contributed by atoms with Crippen molar-refractivity contribution in [2.24, 2.45) is 5.41 Å². The molecule has 0 atom stereocenters. The van der Waals surface area contributed by atoms with Crippen molar-refractivity contribution in [2.45, 2.75) is 33.1 Å². The van der Waals surface area contributed by atoms with Crippen molar-refractivity contribution >= 4 is 27.5 Å². The van der Waals surface area contributed by atoms with E-state index in [0.29, 0.717) is 0 Å². The van der Waals surface area contributed by atoms with Gasteiger partial charge in [0.05, 0.1) is 0 Å². The molecule has 1 aliphatic carbocycles. The molecular formula is C17H18OS. The normalized spacial score (nSPS) is 16.5. The summed E-state index contributed by atoms with van der Waals surface area (Å²) in [5.41, 5.74) is 1.44. The molecule has 1 aromatic heterocycles. The van der Waals surface area contributed by atoms with Crippen LogP contribution in [0.4, 0.5) is 0 Å². The van der Waals surface area contributed by atoms with E-state index in [2.05, 4.69) is 26.0 Å². The summed E-state index contributed by atoms with van der Waals surface area (Å²) < 4.78 is 1.09. The van der Waals surface area contributed by atoms with Gasteiger partial charge in [-0.05, 0) is 42.9 Å².